The topological polar surface area (TPSA) is 95.5 Å². The van der Waals surface area contributed by atoms with Crippen molar-refractivity contribution < 1.29 is 19.5 Å². The summed E-state index contributed by atoms with van der Waals surface area (Å²) >= 11 is 0. The molecular weight excluding hydrogens is 260 g/mol. The number of rotatable bonds is 7. The Kier molecular flexibility index (Phi) is 7.39. The van der Waals surface area contributed by atoms with Crippen LogP contribution in [-0.2, 0) is 9.59 Å². The molecular formula is C14H22N2O4. The number of carbonyl (C=O) groups is 3. The third-order valence-electron chi connectivity index (χ3n) is 3.16. The summed E-state index contributed by atoms with van der Waals surface area (Å²) in [6.07, 6.45) is 7.92. The van der Waals surface area contributed by atoms with E-state index >= 15 is 0 Å². The van der Waals surface area contributed by atoms with Gasteiger partial charge in [0, 0.05) is 19.4 Å². The van der Waals surface area contributed by atoms with E-state index in [1.807, 2.05) is 0 Å². The number of carboxylic acid groups (broad SMARTS) is 1. The smallest absolute Gasteiger partial charge is 0.321 e. The summed E-state index contributed by atoms with van der Waals surface area (Å²) in [6, 6.07) is -0.512. The van der Waals surface area contributed by atoms with Gasteiger partial charge < -0.3 is 10.4 Å². The number of hydrogen-bond donors (Lipinski definition) is 3. The predicted molar refractivity (Wildman–Crippen MR) is 74.2 cm³/mol. The van der Waals surface area contributed by atoms with Crippen LogP contribution in [0, 0.1) is 0 Å². The van der Waals surface area contributed by atoms with Crippen LogP contribution in [0.5, 0.6) is 0 Å². The lowest BCUT2D eigenvalue weighted by atomic mass is 9.97. The molecule has 20 heavy (non-hydrogen) atoms. The summed E-state index contributed by atoms with van der Waals surface area (Å²) in [5.74, 6) is -1.39. The molecule has 0 unspecified atom stereocenters. The summed E-state index contributed by atoms with van der Waals surface area (Å²) in [7, 11) is 0. The molecule has 0 fully saturated rings. The number of amides is 3. The number of urea groups is 1. The van der Waals surface area contributed by atoms with E-state index in [2.05, 4.69) is 16.7 Å². The van der Waals surface area contributed by atoms with Crippen molar-refractivity contribution >= 4 is 17.9 Å². The molecule has 1 rings (SSSR count). The fourth-order valence-electron chi connectivity index (χ4n) is 2.10. The zero-order valence-electron chi connectivity index (χ0n) is 11.6. The Morgan fingerprint density at radius 1 is 1.20 bits per heavy atom. The van der Waals surface area contributed by atoms with Gasteiger partial charge in [0.2, 0.25) is 5.91 Å². The fraction of sp³-hybridized carbons (Fsp3) is 0.643. The van der Waals surface area contributed by atoms with E-state index in [9.17, 15) is 14.4 Å². The highest BCUT2D eigenvalue weighted by atomic mass is 16.4. The number of allylic oxidation sites excluding steroid dienone is 1. The van der Waals surface area contributed by atoms with E-state index in [1.54, 1.807) is 0 Å². The lowest BCUT2D eigenvalue weighted by molar-refractivity contribution is -0.137. The minimum atomic E-state index is -0.942. The standard InChI is InChI=1S/C14H22N2O4/c17-12(7-4-8-13(18)19)16-14(20)15-10-9-11-5-2-1-3-6-11/h5H,1-4,6-10H2,(H,18,19)(H2,15,16,17,20). The van der Waals surface area contributed by atoms with Gasteiger partial charge in [0.1, 0.15) is 0 Å². The molecule has 0 atom stereocenters. The molecule has 0 aromatic heterocycles. The van der Waals surface area contributed by atoms with Gasteiger partial charge in [-0.3, -0.25) is 14.9 Å². The predicted octanol–water partition coefficient (Wildman–Crippen LogP) is 1.96. The monoisotopic (exact) mass is 282 g/mol. The molecule has 1 aliphatic rings. The van der Waals surface area contributed by atoms with Crippen LogP contribution in [0.4, 0.5) is 4.79 Å². The Labute approximate surface area is 118 Å². The zero-order valence-corrected chi connectivity index (χ0v) is 11.6. The van der Waals surface area contributed by atoms with Crippen LogP contribution >= 0.6 is 0 Å². The van der Waals surface area contributed by atoms with Crippen molar-refractivity contribution in [3.8, 4) is 0 Å². The fourth-order valence-corrected chi connectivity index (χ4v) is 2.10. The maximum Gasteiger partial charge on any atom is 0.321 e. The van der Waals surface area contributed by atoms with Crippen molar-refractivity contribution in [2.75, 3.05) is 6.54 Å². The summed E-state index contributed by atoms with van der Waals surface area (Å²) in [4.78, 5) is 33.0. The number of aliphatic carboxylic acids is 1. The van der Waals surface area contributed by atoms with Crippen molar-refractivity contribution in [1.29, 1.82) is 0 Å². The van der Waals surface area contributed by atoms with Crippen LogP contribution in [0.3, 0.4) is 0 Å². The molecule has 0 aromatic carbocycles. The lowest BCUT2D eigenvalue weighted by Gasteiger charge is -2.13. The highest BCUT2D eigenvalue weighted by Crippen LogP contribution is 2.19. The van der Waals surface area contributed by atoms with Crippen molar-refractivity contribution in [2.45, 2.75) is 51.4 Å². The Morgan fingerprint density at radius 3 is 2.65 bits per heavy atom. The van der Waals surface area contributed by atoms with Gasteiger partial charge in [0.05, 0.1) is 0 Å². The molecule has 112 valence electrons. The molecule has 0 saturated heterocycles. The van der Waals surface area contributed by atoms with Gasteiger partial charge in [-0.05, 0) is 38.5 Å². The molecule has 0 radical (unpaired) electrons. The third-order valence-corrected chi connectivity index (χ3v) is 3.16. The van der Waals surface area contributed by atoms with E-state index in [-0.39, 0.29) is 19.3 Å². The van der Waals surface area contributed by atoms with E-state index in [0.717, 1.165) is 19.3 Å². The van der Waals surface area contributed by atoms with E-state index in [1.165, 1.54) is 18.4 Å². The van der Waals surface area contributed by atoms with Gasteiger partial charge in [-0.25, -0.2) is 4.79 Å². The zero-order chi connectivity index (χ0) is 14.8. The molecule has 0 spiro atoms. The van der Waals surface area contributed by atoms with Crippen LogP contribution < -0.4 is 10.6 Å². The van der Waals surface area contributed by atoms with Gasteiger partial charge in [-0.1, -0.05) is 11.6 Å². The van der Waals surface area contributed by atoms with E-state index in [4.69, 9.17) is 5.11 Å². The molecule has 0 bridgehead atoms. The molecule has 6 nitrogen and oxygen atoms in total. The Hall–Kier alpha value is -1.85. The lowest BCUT2D eigenvalue weighted by Crippen LogP contribution is -2.39. The molecule has 0 saturated carbocycles. The van der Waals surface area contributed by atoms with Crippen molar-refractivity contribution in [2.24, 2.45) is 0 Å². The van der Waals surface area contributed by atoms with Crippen LogP contribution in [-0.4, -0.2) is 29.6 Å². The second-order valence-corrected chi connectivity index (χ2v) is 4.91. The van der Waals surface area contributed by atoms with Crippen LogP contribution in [0.2, 0.25) is 0 Å². The Bertz CT molecular complexity index is 391. The van der Waals surface area contributed by atoms with Gasteiger partial charge in [0.25, 0.3) is 0 Å². The first-order valence-corrected chi connectivity index (χ1v) is 7.05. The maximum absolute atomic E-state index is 11.4. The van der Waals surface area contributed by atoms with Gasteiger partial charge in [-0.2, -0.15) is 0 Å². The average molecular weight is 282 g/mol. The van der Waals surface area contributed by atoms with Crippen LogP contribution in [0.25, 0.3) is 0 Å². The average Bonchev–Trinajstić information content (AvgIpc) is 2.39. The second kappa shape index (κ2) is 9.12. The highest BCUT2D eigenvalue weighted by Gasteiger charge is 2.09. The van der Waals surface area contributed by atoms with Crippen LogP contribution in [0.1, 0.15) is 51.4 Å². The normalized spacial score (nSPS) is 14.3. The number of carbonyl (C=O) groups excluding carboxylic acids is 2. The maximum atomic E-state index is 11.4. The van der Waals surface area contributed by atoms with Gasteiger partial charge in [0.15, 0.2) is 0 Å². The first kappa shape index (κ1) is 16.2. The number of hydrogen-bond acceptors (Lipinski definition) is 3. The van der Waals surface area contributed by atoms with Crippen molar-refractivity contribution in [3.63, 3.8) is 0 Å². The molecule has 0 aromatic rings. The van der Waals surface area contributed by atoms with Gasteiger partial charge >= 0.3 is 12.0 Å². The third kappa shape index (κ3) is 7.56. The van der Waals surface area contributed by atoms with Crippen molar-refractivity contribution in [3.05, 3.63) is 11.6 Å². The van der Waals surface area contributed by atoms with Gasteiger partial charge in [-0.15, -0.1) is 0 Å². The van der Waals surface area contributed by atoms with E-state index in [0.29, 0.717) is 6.54 Å². The molecule has 3 amide bonds. The minimum absolute atomic E-state index is 0.0465. The molecule has 0 heterocycles. The minimum Gasteiger partial charge on any atom is -0.481 e. The van der Waals surface area contributed by atoms with Crippen LogP contribution in [0.15, 0.2) is 11.6 Å². The quantitative estimate of drug-likeness (QED) is 0.622. The number of imide groups is 1. The largest absolute Gasteiger partial charge is 0.481 e. The molecule has 1 aliphatic carbocycles. The highest BCUT2D eigenvalue weighted by molar-refractivity contribution is 5.94. The second-order valence-electron chi connectivity index (χ2n) is 4.91. The summed E-state index contributed by atoms with van der Waals surface area (Å²) in [5, 5.41) is 13.3. The molecule has 3 N–H and O–H groups in total. The first-order valence-electron chi connectivity index (χ1n) is 7.05. The SMILES string of the molecule is O=C(O)CCCC(=O)NC(=O)NCCC1=CCCCC1. The summed E-state index contributed by atoms with van der Waals surface area (Å²) in [6.45, 7) is 0.514. The molecule has 0 aliphatic heterocycles. The molecule has 6 heteroatoms. The number of nitrogens with one attached hydrogen (secondary N) is 2. The Morgan fingerprint density at radius 2 is 2.00 bits per heavy atom. The van der Waals surface area contributed by atoms with E-state index < -0.39 is 17.9 Å². The van der Waals surface area contributed by atoms with Crippen molar-refractivity contribution in [1.82, 2.24) is 10.6 Å². The first-order chi connectivity index (χ1) is 9.58. The summed E-state index contributed by atoms with van der Waals surface area (Å²) < 4.78 is 0. The summed E-state index contributed by atoms with van der Waals surface area (Å²) in [5.41, 5.74) is 1.37. The Balaban J connectivity index is 2.08. The number of carboxylic acids is 1.